The van der Waals surface area contributed by atoms with E-state index in [1.54, 1.807) is 0 Å². The van der Waals surface area contributed by atoms with E-state index in [0.29, 0.717) is 0 Å². The number of halogens is 2. The fraction of sp³-hybridized carbons (Fsp3) is 0.286. The minimum Gasteiger partial charge on any atom is -1.00 e. The van der Waals surface area contributed by atoms with Crippen molar-refractivity contribution in [1.29, 1.82) is 0 Å². The molecule has 0 amide bonds. The molecule has 0 aliphatic carbocycles. The van der Waals surface area contributed by atoms with Crippen LogP contribution in [0.25, 0.3) is 0 Å². The Labute approximate surface area is 113 Å². The second-order valence-corrected chi connectivity index (χ2v) is 3.72. The molecule has 0 saturated carbocycles. The Morgan fingerprint density at radius 1 is 1.00 bits per heavy atom. The second-order valence-electron chi connectivity index (χ2n) is 3.72. The van der Waals surface area contributed by atoms with Crippen LogP contribution in [0.15, 0.2) is 36.4 Å². The maximum atomic E-state index is 2.24. The Balaban J connectivity index is -0.000000216. The van der Waals surface area contributed by atoms with Crippen LogP contribution in [0.3, 0.4) is 0 Å². The van der Waals surface area contributed by atoms with Gasteiger partial charge >= 0.3 is 17.4 Å². The van der Waals surface area contributed by atoms with Gasteiger partial charge in [-0.3, -0.25) is 0 Å². The van der Waals surface area contributed by atoms with E-state index in [-0.39, 0.29) is 26.8 Å². The number of hydrogen-bond donors (Lipinski definition) is 0. The average Bonchev–Trinajstić information content (AvgIpc) is 2.78. The van der Waals surface area contributed by atoms with Crippen LogP contribution in [0.5, 0.6) is 0 Å². The third kappa shape index (κ3) is 6.41. The van der Waals surface area contributed by atoms with E-state index in [1.165, 1.54) is 22.3 Å². The molecule has 3 heteroatoms. The molecule has 0 radical (unpaired) electrons. The van der Waals surface area contributed by atoms with Crippen molar-refractivity contribution in [3.63, 3.8) is 0 Å². The first-order valence-electron chi connectivity index (χ1n) is 4.99. The van der Waals surface area contributed by atoms with Crippen molar-refractivity contribution in [2.45, 2.75) is 27.7 Å². The molecule has 0 fully saturated rings. The molecule has 0 N–H and O–H groups in total. The molecule has 2 aromatic rings. The monoisotopic (exact) mass is 276 g/mol. The van der Waals surface area contributed by atoms with E-state index in [1.807, 2.05) is 30.3 Å². The fourth-order valence-electron chi connectivity index (χ4n) is 1.45. The van der Waals surface area contributed by atoms with E-state index in [2.05, 4.69) is 33.8 Å². The van der Waals surface area contributed by atoms with Gasteiger partial charge in [-0.05, 0) is 0 Å². The standard InChI is InChI=1S/C9H13.C5H5.Cr.2FH/c1-6-5-7(2)9(4)8(6)3;1-2-4-5-3-1;;;/h5H,1-4H3;1-5H;;2*1H/q2*-1;+4;;/p-2. The van der Waals surface area contributed by atoms with Gasteiger partial charge in [0.05, 0.1) is 0 Å². The van der Waals surface area contributed by atoms with E-state index >= 15 is 0 Å². The molecular weight excluding hydrogens is 258 g/mol. The molecule has 0 aliphatic rings. The summed E-state index contributed by atoms with van der Waals surface area (Å²) in [7, 11) is 0. The summed E-state index contributed by atoms with van der Waals surface area (Å²) in [6, 6.07) is 12.2. The molecule has 17 heavy (non-hydrogen) atoms. The molecule has 0 aromatic heterocycles. The summed E-state index contributed by atoms with van der Waals surface area (Å²) in [5.74, 6) is 0. The zero-order valence-electron chi connectivity index (χ0n) is 10.6. The van der Waals surface area contributed by atoms with Gasteiger partial charge in [-0.15, -0.1) is 0 Å². The van der Waals surface area contributed by atoms with E-state index < -0.39 is 0 Å². The molecule has 0 aliphatic heterocycles. The first kappa shape index (κ1) is 21.4. The second kappa shape index (κ2) is 10.3. The summed E-state index contributed by atoms with van der Waals surface area (Å²) in [6.45, 7) is 8.68. The molecule has 2 rings (SSSR count). The van der Waals surface area contributed by atoms with Gasteiger partial charge in [0.25, 0.3) is 0 Å². The first-order chi connectivity index (χ1) is 6.63. The van der Waals surface area contributed by atoms with Gasteiger partial charge in [0.15, 0.2) is 0 Å². The van der Waals surface area contributed by atoms with Gasteiger partial charge in [0.1, 0.15) is 0 Å². The van der Waals surface area contributed by atoms with Crippen molar-refractivity contribution in [2.75, 3.05) is 0 Å². The normalized spacial score (nSPS) is 7.76. The molecular formula is C14H18CrF2. The zero-order valence-corrected chi connectivity index (χ0v) is 11.9. The van der Waals surface area contributed by atoms with Crippen LogP contribution < -0.4 is 9.41 Å². The molecule has 0 heterocycles. The Morgan fingerprint density at radius 2 is 1.47 bits per heavy atom. The van der Waals surface area contributed by atoms with Crippen LogP contribution in [0.1, 0.15) is 22.3 Å². The first-order valence-corrected chi connectivity index (χ1v) is 4.99. The van der Waals surface area contributed by atoms with Crippen molar-refractivity contribution in [2.24, 2.45) is 0 Å². The quantitative estimate of drug-likeness (QED) is 0.491. The molecule has 0 atom stereocenters. The topological polar surface area (TPSA) is 0 Å². The minimum absolute atomic E-state index is 0. The van der Waals surface area contributed by atoms with E-state index in [0.717, 1.165) is 0 Å². The van der Waals surface area contributed by atoms with Gasteiger partial charge < -0.3 is 9.41 Å². The Bertz CT molecular complexity index is 335. The average molecular weight is 276 g/mol. The zero-order chi connectivity index (χ0) is 10.6. The summed E-state index contributed by atoms with van der Waals surface area (Å²) >= 11 is 0. The molecule has 0 nitrogen and oxygen atoms in total. The van der Waals surface area contributed by atoms with Crippen LogP contribution in [0.4, 0.5) is 0 Å². The third-order valence-corrected chi connectivity index (χ3v) is 2.73. The van der Waals surface area contributed by atoms with Crippen molar-refractivity contribution in [3.05, 3.63) is 58.7 Å². The summed E-state index contributed by atoms with van der Waals surface area (Å²) in [5.41, 5.74) is 5.75. The predicted octanol–water partition coefficient (Wildman–Crippen LogP) is -1.95. The maximum Gasteiger partial charge on any atom is 4.00 e. The molecule has 2 aromatic carbocycles. The number of hydrogen-bond acceptors (Lipinski definition) is 0. The van der Waals surface area contributed by atoms with Crippen LogP contribution in [-0.4, -0.2) is 0 Å². The van der Waals surface area contributed by atoms with Crippen LogP contribution >= 0.6 is 0 Å². The molecule has 0 spiro atoms. The SMILES string of the molecule is Cc1c[c-](C)c(C)c1C.[Cr+4].[F-].[F-].c1cc[cH-]c1. The molecule has 94 valence electrons. The number of aryl methyl sites for hydroxylation is 2. The predicted molar refractivity (Wildman–Crippen MR) is 63.0 cm³/mol. The van der Waals surface area contributed by atoms with E-state index in [9.17, 15) is 0 Å². The smallest absolute Gasteiger partial charge is 1.00 e. The summed E-state index contributed by atoms with van der Waals surface area (Å²) in [6.07, 6.45) is 0. The van der Waals surface area contributed by atoms with Gasteiger partial charge in [0, 0.05) is 0 Å². The molecule has 0 saturated heterocycles. The van der Waals surface area contributed by atoms with Crippen LogP contribution in [0.2, 0.25) is 0 Å². The van der Waals surface area contributed by atoms with Gasteiger partial charge in [-0.25, -0.2) is 12.1 Å². The Morgan fingerprint density at radius 3 is 1.59 bits per heavy atom. The van der Waals surface area contributed by atoms with Crippen molar-refractivity contribution in [3.8, 4) is 0 Å². The summed E-state index contributed by atoms with van der Waals surface area (Å²) in [5, 5.41) is 0. The Hall–Kier alpha value is -0.908. The van der Waals surface area contributed by atoms with Crippen molar-refractivity contribution >= 4 is 0 Å². The minimum atomic E-state index is 0. The fourth-order valence-corrected chi connectivity index (χ4v) is 1.45. The largest absolute Gasteiger partial charge is 4.00 e. The molecule has 0 bridgehead atoms. The molecule has 0 unspecified atom stereocenters. The van der Waals surface area contributed by atoms with Crippen molar-refractivity contribution in [1.82, 2.24) is 0 Å². The summed E-state index contributed by atoms with van der Waals surface area (Å²) < 4.78 is 0. The van der Waals surface area contributed by atoms with E-state index in [4.69, 9.17) is 0 Å². The summed E-state index contributed by atoms with van der Waals surface area (Å²) in [4.78, 5) is 0. The van der Waals surface area contributed by atoms with Crippen LogP contribution in [-0.2, 0) is 17.4 Å². The van der Waals surface area contributed by atoms with Crippen LogP contribution in [0, 0.1) is 27.7 Å². The number of rotatable bonds is 0. The van der Waals surface area contributed by atoms with Gasteiger partial charge in [0.2, 0.25) is 0 Å². The van der Waals surface area contributed by atoms with Crippen molar-refractivity contribution < 1.29 is 26.8 Å². The Kier molecular flexibility index (Phi) is 12.9. The van der Waals surface area contributed by atoms with Gasteiger partial charge in [-0.1, -0.05) is 27.7 Å². The van der Waals surface area contributed by atoms with Gasteiger partial charge in [-0.2, -0.15) is 46.5 Å². The third-order valence-electron chi connectivity index (χ3n) is 2.73. The maximum absolute atomic E-state index is 2.24.